The second-order valence-electron chi connectivity index (χ2n) is 7.53. The van der Waals surface area contributed by atoms with Crippen molar-refractivity contribution in [2.24, 2.45) is 0 Å². The zero-order chi connectivity index (χ0) is 20.2. The van der Waals surface area contributed by atoms with Crippen molar-refractivity contribution in [3.8, 4) is 11.3 Å². The molecule has 1 saturated heterocycles. The molecular formula is C23H25BrN4O. The molecule has 4 rings (SSSR count). The predicted molar refractivity (Wildman–Crippen MR) is 120 cm³/mol. The molecule has 3 aromatic rings. The van der Waals surface area contributed by atoms with Gasteiger partial charge in [-0.2, -0.15) is 5.10 Å². The van der Waals surface area contributed by atoms with Crippen molar-refractivity contribution in [2.75, 3.05) is 31.1 Å². The molecule has 1 aliphatic rings. The molecule has 1 aliphatic heterocycles. The van der Waals surface area contributed by atoms with Crippen LogP contribution in [0.3, 0.4) is 0 Å². The van der Waals surface area contributed by atoms with E-state index in [1.165, 1.54) is 5.56 Å². The van der Waals surface area contributed by atoms with Crippen molar-refractivity contribution in [2.45, 2.75) is 19.8 Å². The molecule has 0 atom stereocenters. The van der Waals surface area contributed by atoms with Gasteiger partial charge in [0.25, 0.3) is 0 Å². The molecule has 1 aromatic heterocycles. The lowest BCUT2D eigenvalue weighted by Crippen LogP contribution is -2.36. The molecule has 6 heteroatoms. The number of aromatic nitrogens is 2. The Morgan fingerprint density at radius 3 is 2.69 bits per heavy atom. The Balaban J connectivity index is 1.39. The Hall–Kier alpha value is -2.60. The van der Waals surface area contributed by atoms with E-state index in [0.29, 0.717) is 6.42 Å². The highest BCUT2D eigenvalue weighted by atomic mass is 79.9. The van der Waals surface area contributed by atoms with Gasteiger partial charge in [0.1, 0.15) is 0 Å². The molecule has 29 heavy (non-hydrogen) atoms. The van der Waals surface area contributed by atoms with E-state index in [1.54, 1.807) is 0 Å². The summed E-state index contributed by atoms with van der Waals surface area (Å²) in [5.41, 5.74) is 4.39. The van der Waals surface area contributed by atoms with Gasteiger partial charge < -0.3 is 9.80 Å². The van der Waals surface area contributed by atoms with Crippen LogP contribution < -0.4 is 4.90 Å². The fraction of sp³-hybridized carbons (Fsp3) is 0.304. The third kappa shape index (κ3) is 4.88. The summed E-state index contributed by atoms with van der Waals surface area (Å²) < 4.78 is 1.06. The summed E-state index contributed by atoms with van der Waals surface area (Å²) in [5.74, 6) is 1.14. The summed E-state index contributed by atoms with van der Waals surface area (Å²) in [7, 11) is 0. The number of hydrogen-bond acceptors (Lipinski definition) is 3. The first-order chi connectivity index (χ1) is 14.1. The van der Waals surface area contributed by atoms with E-state index < -0.39 is 0 Å². The first kappa shape index (κ1) is 19.7. The van der Waals surface area contributed by atoms with Gasteiger partial charge in [-0.15, -0.1) is 0 Å². The summed E-state index contributed by atoms with van der Waals surface area (Å²) in [6.07, 6.45) is 1.41. The molecule has 2 heterocycles. The molecule has 1 amide bonds. The highest BCUT2D eigenvalue weighted by Gasteiger charge is 2.21. The Morgan fingerprint density at radius 1 is 1.07 bits per heavy atom. The van der Waals surface area contributed by atoms with E-state index in [1.807, 2.05) is 29.2 Å². The van der Waals surface area contributed by atoms with Crippen LogP contribution in [0, 0.1) is 6.92 Å². The minimum Gasteiger partial charge on any atom is -0.353 e. The van der Waals surface area contributed by atoms with Crippen molar-refractivity contribution in [3.63, 3.8) is 0 Å². The number of benzene rings is 2. The summed E-state index contributed by atoms with van der Waals surface area (Å²) in [4.78, 5) is 17.0. The van der Waals surface area contributed by atoms with Crippen LogP contribution in [0.4, 0.5) is 5.82 Å². The Labute approximate surface area is 179 Å². The zero-order valence-corrected chi connectivity index (χ0v) is 18.2. The maximum Gasteiger partial charge on any atom is 0.227 e. The van der Waals surface area contributed by atoms with Gasteiger partial charge in [0.05, 0.1) is 12.1 Å². The highest BCUT2D eigenvalue weighted by Crippen LogP contribution is 2.24. The Bertz CT molecular complexity index is 983. The van der Waals surface area contributed by atoms with E-state index in [-0.39, 0.29) is 5.91 Å². The van der Waals surface area contributed by atoms with Crippen molar-refractivity contribution in [1.29, 1.82) is 0 Å². The number of aryl methyl sites for hydroxylation is 1. The molecule has 0 aliphatic carbocycles. The number of halogens is 1. The normalized spacial score (nSPS) is 14.7. The van der Waals surface area contributed by atoms with Crippen LogP contribution in [0.2, 0.25) is 0 Å². The molecule has 0 spiro atoms. The number of carbonyl (C=O) groups is 1. The fourth-order valence-corrected chi connectivity index (χ4v) is 4.02. The smallest absolute Gasteiger partial charge is 0.227 e. The van der Waals surface area contributed by atoms with Gasteiger partial charge in [-0.1, -0.05) is 57.9 Å². The van der Waals surface area contributed by atoms with Gasteiger partial charge in [-0.25, -0.2) is 0 Å². The van der Waals surface area contributed by atoms with E-state index in [0.717, 1.165) is 59.7 Å². The molecule has 150 valence electrons. The lowest BCUT2D eigenvalue weighted by molar-refractivity contribution is -0.130. The van der Waals surface area contributed by atoms with Crippen molar-refractivity contribution < 1.29 is 4.79 Å². The van der Waals surface area contributed by atoms with E-state index in [4.69, 9.17) is 0 Å². The van der Waals surface area contributed by atoms with Gasteiger partial charge in [0.15, 0.2) is 5.82 Å². The number of nitrogens with zero attached hydrogens (tertiary/aromatic N) is 3. The molecule has 2 aromatic carbocycles. The molecule has 5 nitrogen and oxygen atoms in total. The van der Waals surface area contributed by atoms with Crippen LogP contribution in [0.25, 0.3) is 11.3 Å². The number of carbonyl (C=O) groups excluding carboxylic acids is 1. The van der Waals surface area contributed by atoms with Crippen LogP contribution in [-0.2, 0) is 11.2 Å². The average Bonchev–Trinajstić information content (AvgIpc) is 3.06. The van der Waals surface area contributed by atoms with Crippen LogP contribution in [0.1, 0.15) is 17.5 Å². The first-order valence-corrected chi connectivity index (χ1v) is 10.8. The molecule has 1 fully saturated rings. The van der Waals surface area contributed by atoms with Gasteiger partial charge in [-0.05, 0) is 36.6 Å². The number of hydrogen-bond donors (Lipinski definition) is 1. The van der Waals surface area contributed by atoms with Crippen molar-refractivity contribution in [3.05, 3.63) is 70.2 Å². The lowest BCUT2D eigenvalue weighted by atomic mass is 10.1. The van der Waals surface area contributed by atoms with E-state index >= 15 is 0 Å². The maximum atomic E-state index is 12.8. The van der Waals surface area contributed by atoms with Gasteiger partial charge in [0, 0.05) is 36.7 Å². The standard InChI is InChI=1S/C23H25BrN4O/c1-17-4-2-5-18(14-17)15-23(29)28-11-3-10-27(12-13-28)22-16-21(25-26-22)19-6-8-20(24)9-7-19/h2,4-9,14,16H,3,10-13,15H2,1H3,(H,25,26). The number of aromatic amines is 1. The van der Waals surface area contributed by atoms with Gasteiger partial charge in [0.2, 0.25) is 5.91 Å². The quantitative estimate of drug-likeness (QED) is 0.636. The van der Waals surface area contributed by atoms with Crippen molar-refractivity contribution >= 4 is 27.7 Å². The fourth-order valence-electron chi connectivity index (χ4n) is 3.75. The van der Waals surface area contributed by atoms with Crippen LogP contribution in [-0.4, -0.2) is 47.2 Å². The summed E-state index contributed by atoms with van der Waals surface area (Å²) in [5, 5.41) is 7.66. The molecule has 0 saturated carbocycles. The zero-order valence-electron chi connectivity index (χ0n) is 16.6. The predicted octanol–water partition coefficient (Wildman–Crippen LogP) is 4.43. The third-order valence-corrected chi connectivity index (χ3v) is 5.86. The number of anilines is 1. The average molecular weight is 453 g/mol. The van der Waals surface area contributed by atoms with Crippen LogP contribution in [0.15, 0.2) is 59.1 Å². The number of amides is 1. The van der Waals surface area contributed by atoms with E-state index in [9.17, 15) is 4.79 Å². The van der Waals surface area contributed by atoms with Gasteiger partial charge in [-0.3, -0.25) is 9.89 Å². The summed E-state index contributed by atoms with van der Waals surface area (Å²) >= 11 is 3.47. The molecule has 1 N–H and O–H groups in total. The van der Waals surface area contributed by atoms with Crippen LogP contribution in [0.5, 0.6) is 0 Å². The van der Waals surface area contributed by atoms with Crippen LogP contribution >= 0.6 is 15.9 Å². The third-order valence-electron chi connectivity index (χ3n) is 5.33. The molecule has 0 bridgehead atoms. The Morgan fingerprint density at radius 2 is 1.90 bits per heavy atom. The summed E-state index contributed by atoms with van der Waals surface area (Å²) in [6.45, 7) is 5.28. The number of H-pyrrole nitrogens is 1. The van der Waals surface area contributed by atoms with Crippen molar-refractivity contribution in [1.82, 2.24) is 15.1 Å². The SMILES string of the molecule is Cc1cccc(CC(=O)N2CCCN(c3cc(-c4ccc(Br)cc4)[nH]n3)CC2)c1. The first-order valence-electron chi connectivity index (χ1n) is 9.98. The lowest BCUT2D eigenvalue weighted by Gasteiger charge is -2.22. The highest BCUT2D eigenvalue weighted by molar-refractivity contribution is 9.10. The topological polar surface area (TPSA) is 52.2 Å². The second-order valence-corrected chi connectivity index (χ2v) is 8.45. The van der Waals surface area contributed by atoms with Gasteiger partial charge >= 0.3 is 0 Å². The monoisotopic (exact) mass is 452 g/mol. The minimum absolute atomic E-state index is 0.204. The minimum atomic E-state index is 0.204. The number of rotatable bonds is 4. The Kier molecular flexibility index (Phi) is 6.00. The van der Waals surface area contributed by atoms with E-state index in [2.05, 4.69) is 68.3 Å². The summed E-state index contributed by atoms with van der Waals surface area (Å²) in [6, 6.07) is 18.5. The second kappa shape index (κ2) is 8.82. The maximum absolute atomic E-state index is 12.8. The molecule has 0 radical (unpaired) electrons. The molecular weight excluding hydrogens is 428 g/mol. The number of nitrogens with one attached hydrogen (secondary N) is 1. The molecule has 0 unspecified atom stereocenters. The largest absolute Gasteiger partial charge is 0.353 e.